The molecule has 2 aliphatic carbocycles. The van der Waals surface area contributed by atoms with Crippen molar-refractivity contribution in [3.63, 3.8) is 0 Å². The summed E-state index contributed by atoms with van der Waals surface area (Å²) < 4.78 is 16.6. The van der Waals surface area contributed by atoms with E-state index >= 15 is 0 Å². The number of phenolic OH excluding ortho intramolecular Hbond substituents is 1. The quantitative estimate of drug-likeness (QED) is 0.892. The molecule has 1 aromatic carbocycles. The highest BCUT2D eigenvalue weighted by Gasteiger charge is 2.68. The molecule has 2 atom stereocenters. The predicted octanol–water partition coefficient (Wildman–Crippen LogP) is 2.14. The van der Waals surface area contributed by atoms with Crippen molar-refractivity contribution >= 4 is 5.78 Å². The highest BCUT2D eigenvalue weighted by molar-refractivity contribution is 5.97. The van der Waals surface area contributed by atoms with Gasteiger partial charge in [0.05, 0.1) is 26.9 Å². The van der Waals surface area contributed by atoms with Crippen LogP contribution in [-0.4, -0.2) is 56.3 Å². The van der Waals surface area contributed by atoms with E-state index in [1.54, 1.807) is 20.3 Å². The minimum Gasteiger partial charge on any atom is -0.504 e. The molecule has 0 spiro atoms. The van der Waals surface area contributed by atoms with E-state index < -0.39 is 11.0 Å². The molecule has 0 bridgehead atoms. The summed E-state index contributed by atoms with van der Waals surface area (Å²) in [6.07, 6.45) is 2.66. The second kappa shape index (κ2) is 5.64. The molecule has 0 saturated carbocycles. The molecule has 4 rings (SSSR count). The lowest BCUT2D eigenvalue weighted by Gasteiger charge is -2.55. The first-order valence-corrected chi connectivity index (χ1v) is 8.93. The average Bonchev–Trinajstić information content (AvgIpc) is 2.93. The summed E-state index contributed by atoms with van der Waals surface area (Å²) in [5.41, 5.74) is 0.875. The standard InChI is InChI=1S/C20H25NO5/c1-21-10-9-19-11-13(22)17(25-3)18(26-4)20(19,21)8-7-12-5-6-14(24-2)16(23)15(12)19/h5-6,23H,7-11H2,1-4H3. The Balaban J connectivity index is 2.07. The van der Waals surface area contributed by atoms with Gasteiger partial charge >= 0.3 is 0 Å². The fourth-order valence-electron chi connectivity index (χ4n) is 5.68. The number of aromatic hydroxyl groups is 1. The number of ether oxygens (including phenoxy) is 3. The number of nitrogens with zero attached hydrogens (tertiary/aromatic N) is 1. The number of aryl methyl sites for hydroxylation is 1. The van der Waals surface area contributed by atoms with Gasteiger partial charge in [-0.05, 0) is 44.5 Å². The van der Waals surface area contributed by atoms with E-state index in [0.29, 0.717) is 23.7 Å². The number of phenols is 1. The van der Waals surface area contributed by atoms with Crippen LogP contribution >= 0.6 is 0 Å². The maximum atomic E-state index is 13.0. The van der Waals surface area contributed by atoms with Gasteiger partial charge in [-0.1, -0.05) is 6.07 Å². The zero-order valence-corrected chi connectivity index (χ0v) is 15.7. The third kappa shape index (κ3) is 1.78. The third-order valence-corrected chi connectivity index (χ3v) is 6.70. The van der Waals surface area contributed by atoms with Crippen molar-refractivity contribution in [1.29, 1.82) is 0 Å². The molecule has 6 nitrogen and oxygen atoms in total. The SMILES string of the molecule is COC1=C(OC)C23CCc4ccc(OC)c(O)c4C2(CCN3C)CC1=O. The average molecular weight is 359 g/mol. The van der Waals surface area contributed by atoms with Crippen LogP contribution < -0.4 is 4.74 Å². The fourth-order valence-corrected chi connectivity index (χ4v) is 5.68. The van der Waals surface area contributed by atoms with Gasteiger partial charge in [0.1, 0.15) is 0 Å². The summed E-state index contributed by atoms with van der Waals surface area (Å²) in [6, 6.07) is 3.81. The van der Waals surface area contributed by atoms with Crippen molar-refractivity contribution < 1.29 is 24.1 Å². The highest BCUT2D eigenvalue weighted by atomic mass is 16.5. The molecule has 140 valence electrons. The first-order valence-electron chi connectivity index (χ1n) is 8.93. The van der Waals surface area contributed by atoms with Crippen molar-refractivity contribution in [3.05, 3.63) is 34.8 Å². The van der Waals surface area contributed by atoms with Gasteiger partial charge in [0.2, 0.25) is 11.5 Å². The molecule has 3 aliphatic rings. The van der Waals surface area contributed by atoms with Crippen molar-refractivity contribution in [1.82, 2.24) is 4.90 Å². The number of methoxy groups -OCH3 is 3. The van der Waals surface area contributed by atoms with Crippen LogP contribution in [0.3, 0.4) is 0 Å². The minimum absolute atomic E-state index is 0.0784. The Morgan fingerprint density at radius 2 is 1.88 bits per heavy atom. The lowest BCUT2D eigenvalue weighted by Crippen LogP contribution is -2.62. The van der Waals surface area contributed by atoms with Gasteiger partial charge in [0.25, 0.3) is 0 Å². The van der Waals surface area contributed by atoms with E-state index in [9.17, 15) is 9.90 Å². The number of likely N-dealkylation sites (N-methyl/N-ethyl adjacent to an activating group) is 1. The Hall–Kier alpha value is -2.21. The zero-order chi connectivity index (χ0) is 18.7. The van der Waals surface area contributed by atoms with Gasteiger partial charge in [-0.25, -0.2) is 0 Å². The molecule has 1 fully saturated rings. The monoisotopic (exact) mass is 359 g/mol. The Labute approximate surface area is 153 Å². The smallest absolute Gasteiger partial charge is 0.201 e. The summed E-state index contributed by atoms with van der Waals surface area (Å²) in [6.45, 7) is 0.813. The molecule has 6 heteroatoms. The molecule has 0 amide bonds. The predicted molar refractivity (Wildman–Crippen MR) is 95.3 cm³/mol. The molecule has 1 N–H and O–H groups in total. The summed E-state index contributed by atoms with van der Waals surface area (Å²) >= 11 is 0. The van der Waals surface area contributed by atoms with E-state index in [0.717, 1.165) is 36.9 Å². The van der Waals surface area contributed by atoms with Gasteiger partial charge in [-0.2, -0.15) is 0 Å². The van der Waals surface area contributed by atoms with E-state index in [-0.39, 0.29) is 11.5 Å². The number of ketones is 1. The lowest BCUT2D eigenvalue weighted by atomic mass is 9.53. The highest BCUT2D eigenvalue weighted by Crippen LogP contribution is 2.63. The molecular formula is C20H25NO5. The van der Waals surface area contributed by atoms with Crippen molar-refractivity contribution in [2.45, 2.75) is 36.6 Å². The van der Waals surface area contributed by atoms with E-state index in [1.165, 1.54) is 7.11 Å². The number of fused-ring (bicyclic) bond motifs is 1. The van der Waals surface area contributed by atoms with E-state index in [4.69, 9.17) is 14.2 Å². The number of benzene rings is 1. The molecule has 1 saturated heterocycles. The van der Waals surface area contributed by atoms with Crippen LogP contribution in [-0.2, 0) is 26.1 Å². The van der Waals surface area contributed by atoms with E-state index in [2.05, 4.69) is 11.9 Å². The molecule has 1 aromatic rings. The molecule has 2 unspecified atom stereocenters. The van der Waals surface area contributed by atoms with Crippen LogP contribution in [0.4, 0.5) is 0 Å². The van der Waals surface area contributed by atoms with Crippen LogP contribution in [0.5, 0.6) is 11.5 Å². The Kier molecular flexibility index (Phi) is 3.74. The van der Waals surface area contributed by atoms with Crippen LogP contribution in [0.15, 0.2) is 23.7 Å². The number of likely N-dealkylation sites (tertiary alicyclic amines) is 1. The van der Waals surface area contributed by atoms with Gasteiger partial charge < -0.3 is 19.3 Å². The van der Waals surface area contributed by atoms with Gasteiger partial charge in [-0.15, -0.1) is 0 Å². The van der Waals surface area contributed by atoms with Crippen LogP contribution in [0.25, 0.3) is 0 Å². The summed E-state index contributed by atoms with van der Waals surface area (Å²) in [5.74, 6) is 1.40. The molecule has 26 heavy (non-hydrogen) atoms. The number of hydrogen-bond acceptors (Lipinski definition) is 6. The molecule has 0 aromatic heterocycles. The second-order valence-corrected chi connectivity index (χ2v) is 7.43. The number of rotatable bonds is 3. The largest absolute Gasteiger partial charge is 0.504 e. The second-order valence-electron chi connectivity index (χ2n) is 7.43. The summed E-state index contributed by atoms with van der Waals surface area (Å²) in [4.78, 5) is 15.2. The maximum absolute atomic E-state index is 13.0. The van der Waals surface area contributed by atoms with Gasteiger partial charge in [0, 0.05) is 17.4 Å². The maximum Gasteiger partial charge on any atom is 0.201 e. The number of hydrogen-bond donors (Lipinski definition) is 1. The molecule has 0 radical (unpaired) electrons. The van der Waals surface area contributed by atoms with Gasteiger partial charge in [-0.3, -0.25) is 9.69 Å². The van der Waals surface area contributed by atoms with Gasteiger partial charge in [0.15, 0.2) is 17.3 Å². The Morgan fingerprint density at radius 3 is 2.54 bits per heavy atom. The van der Waals surface area contributed by atoms with E-state index in [1.807, 2.05) is 6.07 Å². The lowest BCUT2D eigenvalue weighted by molar-refractivity contribution is -0.124. The number of carbonyl (C=O) groups is 1. The topological polar surface area (TPSA) is 68.2 Å². The van der Waals surface area contributed by atoms with Crippen LogP contribution in [0.1, 0.15) is 30.4 Å². The fraction of sp³-hybridized carbons (Fsp3) is 0.550. The zero-order valence-electron chi connectivity index (χ0n) is 15.7. The Morgan fingerprint density at radius 1 is 1.12 bits per heavy atom. The van der Waals surface area contributed by atoms with Crippen LogP contribution in [0, 0.1) is 0 Å². The number of allylic oxidation sites excluding steroid dienone is 1. The first-order chi connectivity index (χ1) is 12.5. The van der Waals surface area contributed by atoms with Crippen LogP contribution in [0.2, 0.25) is 0 Å². The summed E-state index contributed by atoms with van der Waals surface area (Å²) in [7, 11) is 6.72. The molecular weight excluding hydrogens is 334 g/mol. The normalized spacial score (nSPS) is 30.5. The van der Waals surface area contributed by atoms with Crippen molar-refractivity contribution in [3.8, 4) is 11.5 Å². The summed E-state index contributed by atoms with van der Waals surface area (Å²) in [5, 5.41) is 11.0. The molecule has 1 heterocycles. The van der Waals surface area contributed by atoms with Crippen molar-refractivity contribution in [2.24, 2.45) is 0 Å². The third-order valence-electron chi connectivity index (χ3n) is 6.70. The first kappa shape index (κ1) is 17.2. The molecule has 1 aliphatic heterocycles. The Bertz CT molecular complexity index is 817. The van der Waals surface area contributed by atoms with Crippen molar-refractivity contribution in [2.75, 3.05) is 34.9 Å². The number of Topliss-reactive ketones (excluding diaryl/α,β-unsaturated/α-hetero) is 1. The number of carbonyl (C=O) groups excluding carboxylic acids is 1. The minimum atomic E-state index is -0.543.